The monoisotopic (exact) mass is 321 g/mol. The van der Waals surface area contributed by atoms with Gasteiger partial charge in [-0.3, -0.25) is 4.79 Å². The van der Waals surface area contributed by atoms with Crippen LogP contribution in [0.5, 0.6) is 0 Å². The number of aryl methyl sites for hydroxylation is 1. The molecule has 0 saturated heterocycles. The molecule has 3 aromatic rings. The summed E-state index contributed by atoms with van der Waals surface area (Å²) in [6.45, 7) is 3.86. The third kappa shape index (κ3) is 2.99. The van der Waals surface area contributed by atoms with Crippen molar-refractivity contribution >= 4 is 11.7 Å². The number of nitrogens with two attached hydrogens (primary N) is 1. The van der Waals surface area contributed by atoms with Crippen LogP contribution in [-0.2, 0) is 0 Å². The number of carbonyl (C=O) groups excluding carboxylic acids is 1. The number of amides is 1. The highest BCUT2D eigenvalue weighted by Gasteiger charge is 2.20. The quantitative estimate of drug-likeness (QED) is 0.773. The van der Waals surface area contributed by atoms with Crippen LogP contribution in [0.3, 0.4) is 0 Å². The normalized spacial score (nSPS) is 11.9. The van der Waals surface area contributed by atoms with E-state index in [-0.39, 0.29) is 23.5 Å². The number of hydrogen-bond donors (Lipinski definition) is 2. The highest BCUT2D eigenvalue weighted by Crippen LogP contribution is 2.19. The molecule has 1 aromatic heterocycles. The largest absolute Gasteiger partial charge is 0.382 e. The van der Waals surface area contributed by atoms with Crippen LogP contribution in [0, 0.1) is 6.92 Å². The summed E-state index contributed by atoms with van der Waals surface area (Å²) in [5.41, 5.74) is 9.03. The minimum absolute atomic E-state index is 0.126. The van der Waals surface area contributed by atoms with E-state index < -0.39 is 0 Å². The minimum atomic E-state index is -0.344. The molecule has 0 radical (unpaired) electrons. The van der Waals surface area contributed by atoms with Gasteiger partial charge in [0.1, 0.15) is 0 Å². The van der Waals surface area contributed by atoms with Gasteiger partial charge in [-0.25, -0.2) is 0 Å². The fourth-order valence-electron chi connectivity index (χ4n) is 2.52. The molecule has 6 nitrogen and oxygen atoms in total. The second-order valence-electron chi connectivity index (χ2n) is 5.63. The Labute approximate surface area is 140 Å². The van der Waals surface area contributed by atoms with Crippen LogP contribution in [0.4, 0.5) is 5.82 Å². The molecule has 0 aliphatic carbocycles. The third-order valence-electron chi connectivity index (χ3n) is 3.91. The second-order valence-corrected chi connectivity index (χ2v) is 5.63. The van der Waals surface area contributed by atoms with Crippen molar-refractivity contribution < 1.29 is 4.79 Å². The van der Waals surface area contributed by atoms with Crippen molar-refractivity contribution in [1.29, 1.82) is 0 Å². The number of nitrogens with zero attached hydrogens (tertiary/aromatic N) is 3. The lowest BCUT2D eigenvalue weighted by atomic mass is 10.1. The van der Waals surface area contributed by atoms with Gasteiger partial charge in [0.05, 0.1) is 11.7 Å². The molecular formula is C18H19N5O. The van der Waals surface area contributed by atoms with Crippen LogP contribution in [0.1, 0.15) is 34.6 Å². The molecule has 0 fully saturated rings. The molecule has 1 atom stereocenters. The Balaban J connectivity index is 1.83. The zero-order chi connectivity index (χ0) is 17.1. The molecule has 0 bridgehead atoms. The fraction of sp³-hybridized carbons (Fsp3) is 0.167. The van der Waals surface area contributed by atoms with Crippen LogP contribution in [0.25, 0.3) is 5.69 Å². The standard InChI is InChI=1S/C18H19N5O/c1-12-8-6-7-11-15(12)23-17(19)16(21-22-23)18(24)20-13(2)14-9-4-3-5-10-14/h3-11,13H,19H2,1-2H3,(H,20,24)/t13-/m0/s1. The van der Waals surface area contributed by atoms with Crippen molar-refractivity contribution in [2.75, 3.05) is 5.73 Å². The predicted molar refractivity (Wildman–Crippen MR) is 92.8 cm³/mol. The van der Waals surface area contributed by atoms with E-state index >= 15 is 0 Å². The number of nitrogen functional groups attached to an aromatic ring is 1. The van der Waals surface area contributed by atoms with Crippen molar-refractivity contribution in [2.45, 2.75) is 19.9 Å². The van der Waals surface area contributed by atoms with E-state index in [0.717, 1.165) is 16.8 Å². The van der Waals surface area contributed by atoms with E-state index in [1.54, 1.807) is 0 Å². The number of nitrogens with one attached hydrogen (secondary N) is 1. The van der Waals surface area contributed by atoms with Gasteiger partial charge in [0.2, 0.25) is 0 Å². The van der Waals surface area contributed by atoms with E-state index in [1.165, 1.54) is 4.68 Å². The third-order valence-corrected chi connectivity index (χ3v) is 3.91. The van der Waals surface area contributed by atoms with Gasteiger partial charge in [-0.05, 0) is 31.0 Å². The number of carbonyl (C=O) groups is 1. The Morgan fingerprint density at radius 1 is 1.12 bits per heavy atom. The lowest BCUT2D eigenvalue weighted by molar-refractivity contribution is 0.0935. The predicted octanol–water partition coefficient (Wildman–Crippen LogP) is 2.65. The highest BCUT2D eigenvalue weighted by molar-refractivity contribution is 5.96. The molecule has 1 amide bonds. The smallest absolute Gasteiger partial charge is 0.276 e. The molecule has 0 unspecified atom stereocenters. The molecule has 6 heteroatoms. The zero-order valence-corrected chi connectivity index (χ0v) is 13.6. The molecule has 3 rings (SSSR count). The number of anilines is 1. The molecule has 3 N–H and O–H groups in total. The summed E-state index contributed by atoms with van der Waals surface area (Å²) >= 11 is 0. The summed E-state index contributed by atoms with van der Waals surface area (Å²) in [6.07, 6.45) is 0. The van der Waals surface area contributed by atoms with E-state index in [9.17, 15) is 4.79 Å². The van der Waals surface area contributed by atoms with Crippen LogP contribution in [-0.4, -0.2) is 20.9 Å². The van der Waals surface area contributed by atoms with Crippen LogP contribution < -0.4 is 11.1 Å². The number of aromatic nitrogens is 3. The number of rotatable bonds is 4. The molecule has 24 heavy (non-hydrogen) atoms. The van der Waals surface area contributed by atoms with Crippen molar-refractivity contribution in [3.8, 4) is 5.69 Å². The average Bonchev–Trinajstić information content (AvgIpc) is 2.97. The van der Waals surface area contributed by atoms with E-state index in [1.807, 2.05) is 68.4 Å². The summed E-state index contributed by atoms with van der Waals surface area (Å²) in [4.78, 5) is 12.5. The van der Waals surface area contributed by atoms with Gasteiger partial charge >= 0.3 is 0 Å². The summed E-state index contributed by atoms with van der Waals surface area (Å²) in [5, 5.41) is 10.9. The maximum Gasteiger partial charge on any atom is 0.276 e. The molecule has 0 aliphatic rings. The summed E-state index contributed by atoms with van der Waals surface area (Å²) < 4.78 is 1.48. The van der Waals surface area contributed by atoms with Crippen LogP contribution >= 0.6 is 0 Å². The van der Waals surface area contributed by atoms with Crippen LogP contribution in [0.15, 0.2) is 54.6 Å². The second kappa shape index (κ2) is 6.54. The Morgan fingerprint density at radius 3 is 2.50 bits per heavy atom. The molecule has 0 aliphatic heterocycles. The Hall–Kier alpha value is -3.15. The average molecular weight is 321 g/mol. The maximum atomic E-state index is 12.5. The first-order valence-electron chi connectivity index (χ1n) is 7.71. The molecule has 122 valence electrons. The fourth-order valence-corrected chi connectivity index (χ4v) is 2.52. The SMILES string of the molecule is Cc1ccccc1-n1nnc(C(=O)N[C@@H](C)c2ccccc2)c1N. The van der Waals surface area contributed by atoms with E-state index in [4.69, 9.17) is 5.73 Å². The van der Waals surface area contributed by atoms with Crippen molar-refractivity contribution in [2.24, 2.45) is 0 Å². The molecule has 2 aromatic carbocycles. The van der Waals surface area contributed by atoms with Crippen molar-refractivity contribution in [3.05, 3.63) is 71.4 Å². The molecule has 0 spiro atoms. The molecular weight excluding hydrogens is 302 g/mol. The highest BCUT2D eigenvalue weighted by atomic mass is 16.2. The van der Waals surface area contributed by atoms with E-state index in [0.29, 0.717) is 0 Å². The minimum Gasteiger partial charge on any atom is -0.382 e. The summed E-state index contributed by atoms with van der Waals surface area (Å²) in [7, 11) is 0. The molecule has 1 heterocycles. The summed E-state index contributed by atoms with van der Waals surface area (Å²) in [5.74, 6) is -0.120. The number of hydrogen-bond acceptors (Lipinski definition) is 4. The van der Waals surface area contributed by atoms with Gasteiger partial charge < -0.3 is 11.1 Å². The van der Waals surface area contributed by atoms with Crippen molar-refractivity contribution in [3.63, 3.8) is 0 Å². The van der Waals surface area contributed by atoms with Gasteiger partial charge in [-0.1, -0.05) is 53.7 Å². The first-order valence-corrected chi connectivity index (χ1v) is 7.71. The topological polar surface area (TPSA) is 85.8 Å². The first-order chi connectivity index (χ1) is 11.6. The van der Waals surface area contributed by atoms with Gasteiger partial charge in [-0.2, -0.15) is 4.68 Å². The first kappa shape index (κ1) is 15.7. The maximum absolute atomic E-state index is 12.5. The van der Waals surface area contributed by atoms with E-state index in [2.05, 4.69) is 15.6 Å². The van der Waals surface area contributed by atoms with Gasteiger partial charge in [0.25, 0.3) is 5.91 Å². The Kier molecular flexibility index (Phi) is 4.29. The number of benzene rings is 2. The zero-order valence-electron chi connectivity index (χ0n) is 13.6. The lowest BCUT2D eigenvalue weighted by Crippen LogP contribution is -2.27. The number of para-hydroxylation sites is 1. The Morgan fingerprint density at radius 2 is 1.79 bits per heavy atom. The van der Waals surface area contributed by atoms with Crippen molar-refractivity contribution in [1.82, 2.24) is 20.3 Å². The van der Waals surface area contributed by atoms with Gasteiger partial charge in [0, 0.05) is 0 Å². The van der Waals surface area contributed by atoms with Gasteiger partial charge in [0.15, 0.2) is 11.5 Å². The molecule has 0 saturated carbocycles. The van der Waals surface area contributed by atoms with Gasteiger partial charge in [-0.15, -0.1) is 5.10 Å². The lowest BCUT2D eigenvalue weighted by Gasteiger charge is -2.13. The van der Waals surface area contributed by atoms with Crippen LogP contribution in [0.2, 0.25) is 0 Å². The Bertz CT molecular complexity index is 857. The summed E-state index contributed by atoms with van der Waals surface area (Å²) in [6, 6.07) is 17.2.